The molecule has 88 valence electrons. The molecule has 0 bridgehead atoms. The van der Waals surface area contributed by atoms with Gasteiger partial charge in [-0.15, -0.1) is 10.2 Å². The smallest absolute Gasteiger partial charge is 0.169 e. The third kappa shape index (κ3) is 1.57. The highest BCUT2D eigenvalue weighted by Gasteiger charge is 2.11. The van der Waals surface area contributed by atoms with E-state index in [9.17, 15) is 9.18 Å². The number of carbonyl (C=O) groups excluding carboxylic acids is 1. The molecule has 18 heavy (non-hydrogen) atoms. The molecule has 3 aromatic rings. The van der Waals surface area contributed by atoms with Gasteiger partial charge in [-0.25, -0.2) is 4.39 Å². The third-order valence-electron chi connectivity index (χ3n) is 2.66. The van der Waals surface area contributed by atoms with Gasteiger partial charge < -0.3 is 0 Å². The highest BCUT2D eigenvalue weighted by atomic mass is 19.1. The lowest BCUT2D eigenvalue weighted by molar-refractivity contribution is 0.111. The van der Waals surface area contributed by atoms with Crippen LogP contribution in [0, 0.1) is 5.82 Å². The van der Waals surface area contributed by atoms with Crippen molar-refractivity contribution < 1.29 is 9.18 Å². The molecule has 0 atom stereocenters. The summed E-state index contributed by atoms with van der Waals surface area (Å²) in [5.74, 6) is 0.0973. The number of hydrogen-bond donors (Lipinski definition) is 0. The van der Waals surface area contributed by atoms with Gasteiger partial charge in [-0.1, -0.05) is 18.2 Å². The number of hydrogen-bond acceptors (Lipinski definition) is 3. The average Bonchev–Trinajstić information content (AvgIpc) is 2.82. The van der Waals surface area contributed by atoms with Gasteiger partial charge in [0.2, 0.25) is 0 Å². The molecule has 0 aliphatic carbocycles. The summed E-state index contributed by atoms with van der Waals surface area (Å²) in [5.41, 5.74) is 1.56. The Bertz CT molecular complexity index is 736. The Morgan fingerprint density at radius 2 is 1.94 bits per heavy atom. The zero-order chi connectivity index (χ0) is 12.5. The lowest BCUT2D eigenvalue weighted by Crippen LogP contribution is -1.97. The van der Waals surface area contributed by atoms with Gasteiger partial charge in [0, 0.05) is 5.56 Å². The van der Waals surface area contributed by atoms with Crippen LogP contribution in [0.2, 0.25) is 0 Å². The van der Waals surface area contributed by atoms with E-state index in [-0.39, 0.29) is 5.82 Å². The van der Waals surface area contributed by atoms with E-state index < -0.39 is 0 Å². The maximum atomic E-state index is 13.2. The summed E-state index contributed by atoms with van der Waals surface area (Å²) in [6.07, 6.45) is 0.721. The molecule has 2 heterocycles. The molecule has 0 amide bonds. The van der Waals surface area contributed by atoms with E-state index in [0.29, 0.717) is 22.7 Å². The van der Waals surface area contributed by atoms with E-state index in [4.69, 9.17) is 0 Å². The average molecular weight is 241 g/mol. The van der Waals surface area contributed by atoms with Gasteiger partial charge in [0.25, 0.3) is 0 Å². The highest BCUT2D eigenvalue weighted by molar-refractivity contribution is 5.76. The Kier molecular flexibility index (Phi) is 2.37. The quantitative estimate of drug-likeness (QED) is 0.647. The molecular formula is C13H8FN3O. The van der Waals surface area contributed by atoms with Crippen molar-refractivity contribution in [1.29, 1.82) is 0 Å². The molecule has 0 saturated heterocycles. The summed E-state index contributed by atoms with van der Waals surface area (Å²) in [5, 5.41) is 7.97. The molecule has 0 aliphatic rings. The zero-order valence-electron chi connectivity index (χ0n) is 9.25. The molecule has 0 spiro atoms. The van der Waals surface area contributed by atoms with Crippen LogP contribution in [0.15, 0.2) is 42.5 Å². The number of fused-ring (bicyclic) bond motifs is 1. The number of halogens is 1. The van der Waals surface area contributed by atoms with E-state index in [1.165, 1.54) is 12.1 Å². The number of pyridine rings is 1. The molecule has 0 fully saturated rings. The molecule has 3 rings (SSSR count). The van der Waals surface area contributed by atoms with Gasteiger partial charge in [0.1, 0.15) is 5.82 Å². The highest BCUT2D eigenvalue weighted by Crippen LogP contribution is 2.20. The number of carbonyl (C=O) groups is 1. The molecule has 2 aromatic heterocycles. The van der Waals surface area contributed by atoms with Gasteiger partial charge in [0.05, 0.1) is 5.69 Å². The Balaban J connectivity index is 2.33. The Hall–Kier alpha value is -2.56. The van der Waals surface area contributed by atoms with Crippen LogP contribution in [0.1, 0.15) is 10.5 Å². The second kappa shape index (κ2) is 4.03. The zero-order valence-corrected chi connectivity index (χ0v) is 9.25. The molecule has 0 radical (unpaired) electrons. The van der Waals surface area contributed by atoms with Gasteiger partial charge in [-0.2, -0.15) is 0 Å². The number of rotatable bonds is 2. The lowest BCUT2D eigenvalue weighted by Gasteiger charge is -2.02. The number of benzene rings is 1. The van der Waals surface area contributed by atoms with Crippen LogP contribution in [-0.4, -0.2) is 20.9 Å². The van der Waals surface area contributed by atoms with Gasteiger partial charge >= 0.3 is 0 Å². The number of aromatic nitrogens is 3. The second-order valence-electron chi connectivity index (χ2n) is 3.80. The summed E-state index contributed by atoms with van der Waals surface area (Å²) in [6.45, 7) is 0. The van der Waals surface area contributed by atoms with Crippen LogP contribution in [0.5, 0.6) is 0 Å². The fourth-order valence-electron chi connectivity index (χ4n) is 1.87. The first-order valence-electron chi connectivity index (χ1n) is 5.35. The van der Waals surface area contributed by atoms with Crippen molar-refractivity contribution in [3.8, 4) is 11.4 Å². The van der Waals surface area contributed by atoms with Crippen molar-refractivity contribution in [3.05, 3.63) is 54.0 Å². The first-order chi connectivity index (χ1) is 8.79. The minimum Gasteiger partial charge on any atom is -0.296 e. The minimum atomic E-state index is -0.354. The topological polar surface area (TPSA) is 47.3 Å². The molecule has 5 heteroatoms. The lowest BCUT2D eigenvalue weighted by atomic mass is 10.2. The molecule has 1 aromatic carbocycles. The summed E-state index contributed by atoms with van der Waals surface area (Å²) in [7, 11) is 0. The summed E-state index contributed by atoms with van der Waals surface area (Å²) >= 11 is 0. The minimum absolute atomic E-state index is 0.354. The van der Waals surface area contributed by atoms with E-state index in [2.05, 4.69) is 10.2 Å². The van der Waals surface area contributed by atoms with Crippen LogP contribution in [0.25, 0.3) is 17.0 Å². The molecule has 0 N–H and O–H groups in total. The van der Waals surface area contributed by atoms with Crippen LogP contribution in [-0.2, 0) is 0 Å². The van der Waals surface area contributed by atoms with Crippen molar-refractivity contribution in [3.63, 3.8) is 0 Å². The Morgan fingerprint density at radius 3 is 2.72 bits per heavy atom. The van der Waals surface area contributed by atoms with E-state index >= 15 is 0 Å². The van der Waals surface area contributed by atoms with Crippen molar-refractivity contribution >= 4 is 11.9 Å². The second-order valence-corrected chi connectivity index (χ2v) is 3.80. The summed E-state index contributed by atoms with van der Waals surface area (Å²) < 4.78 is 14.8. The predicted octanol–water partition coefficient (Wildman–Crippen LogP) is 2.35. The van der Waals surface area contributed by atoms with E-state index in [0.717, 1.165) is 6.29 Å². The fraction of sp³-hybridized carbons (Fsp3) is 0. The fourth-order valence-corrected chi connectivity index (χ4v) is 1.87. The van der Waals surface area contributed by atoms with Crippen LogP contribution >= 0.6 is 0 Å². The molecule has 4 nitrogen and oxygen atoms in total. The monoisotopic (exact) mass is 241 g/mol. The maximum Gasteiger partial charge on any atom is 0.169 e. The Morgan fingerprint density at radius 1 is 1.11 bits per heavy atom. The third-order valence-corrected chi connectivity index (χ3v) is 2.66. The molecular weight excluding hydrogens is 233 g/mol. The van der Waals surface area contributed by atoms with Gasteiger partial charge in [-0.3, -0.25) is 9.20 Å². The van der Waals surface area contributed by atoms with E-state index in [1.54, 1.807) is 34.7 Å². The molecule has 0 aliphatic heterocycles. The van der Waals surface area contributed by atoms with Crippen molar-refractivity contribution in [2.24, 2.45) is 0 Å². The molecule has 0 saturated carbocycles. The molecule has 0 unspecified atom stereocenters. The largest absolute Gasteiger partial charge is 0.296 e. The van der Waals surface area contributed by atoms with E-state index in [1.807, 2.05) is 0 Å². The van der Waals surface area contributed by atoms with Crippen LogP contribution in [0.4, 0.5) is 4.39 Å². The predicted molar refractivity (Wildman–Crippen MR) is 63.8 cm³/mol. The van der Waals surface area contributed by atoms with Crippen molar-refractivity contribution in [1.82, 2.24) is 14.6 Å². The van der Waals surface area contributed by atoms with Crippen molar-refractivity contribution in [2.45, 2.75) is 0 Å². The SMILES string of the molecule is O=Cc1cccc2nnc(-c3cccc(F)c3)n12. The van der Waals surface area contributed by atoms with Gasteiger partial charge in [-0.05, 0) is 24.3 Å². The summed E-state index contributed by atoms with van der Waals surface area (Å²) in [6, 6.07) is 11.2. The first kappa shape index (κ1) is 10.6. The first-order valence-corrected chi connectivity index (χ1v) is 5.35. The number of nitrogens with zero attached hydrogens (tertiary/aromatic N) is 3. The Labute approximate surface area is 102 Å². The van der Waals surface area contributed by atoms with Crippen molar-refractivity contribution in [2.75, 3.05) is 0 Å². The summed E-state index contributed by atoms with van der Waals surface area (Å²) in [4.78, 5) is 11.0. The van der Waals surface area contributed by atoms with Gasteiger partial charge in [0.15, 0.2) is 17.8 Å². The van der Waals surface area contributed by atoms with Crippen LogP contribution < -0.4 is 0 Å². The standard InChI is InChI=1S/C13H8FN3O/c14-10-4-1-3-9(7-10)13-16-15-12-6-2-5-11(8-18)17(12)13/h1-8H. The van der Waals surface area contributed by atoms with Crippen LogP contribution in [0.3, 0.4) is 0 Å². The number of aldehydes is 1. The normalized spacial score (nSPS) is 10.7. The maximum absolute atomic E-state index is 13.2.